The molecular weight excluding hydrogens is 412 g/mol. The van der Waals surface area contributed by atoms with Gasteiger partial charge in [0.1, 0.15) is 12.4 Å². The van der Waals surface area contributed by atoms with Crippen molar-refractivity contribution < 1.29 is 27.2 Å². The minimum atomic E-state index is -4.39. The number of rotatable bonds is 4. The Morgan fingerprint density at radius 1 is 0.967 bits per heavy atom. The van der Waals surface area contributed by atoms with E-state index in [1.165, 1.54) is 23.5 Å². The zero-order valence-electron chi connectivity index (χ0n) is 17.2. The quantitative estimate of drug-likeness (QED) is 0.486. The van der Waals surface area contributed by atoms with E-state index in [9.17, 15) is 13.2 Å². The summed E-state index contributed by atoms with van der Waals surface area (Å²) < 4.78 is 57.7. The van der Waals surface area contributed by atoms with Gasteiger partial charge >= 0.3 is 13.3 Å². The molecule has 2 heterocycles. The number of fused-ring (bicyclic) bond motifs is 1. The van der Waals surface area contributed by atoms with E-state index in [4.69, 9.17) is 14.0 Å². The monoisotopic (exact) mass is 434 g/mol. The van der Waals surface area contributed by atoms with Gasteiger partial charge in [-0.15, -0.1) is 11.3 Å². The van der Waals surface area contributed by atoms with Gasteiger partial charge < -0.3 is 14.0 Å². The zero-order chi connectivity index (χ0) is 21.7. The molecule has 0 amide bonds. The molecular formula is C22H22BF3O3S. The summed E-state index contributed by atoms with van der Waals surface area (Å²) in [5, 5.41) is 1.02. The van der Waals surface area contributed by atoms with Gasteiger partial charge in [-0.25, -0.2) is 0 Å². The van der Waals surface area contributed by atoms with Gasteiger partial charge in [-0.05, 0) is 57.3 Å². The van der Waals surface area contributed by atoms with Crippen LogP contribution in [-0.2, 0) is 22.1 Å². The summed E-state index contributed by atoms with van der Waals surface area (Å²) in [4.78, 5) is 0.909. The first-order valence-corrected chi connectivity index (χ1v) is 10.4. The molecule has 1 aliphatic rings. The molecule has 0 bridgehead atoms. The normalized spacial score (nSPS) is 18.2. The largest absolute Gasteiger partial charge is 0.496 e. The van der Waals surface area contributed by atoms with Gasteiger partial charge in [0.25, 0.3) is 0 Å². The van der Waals surface area contributed by atoms with Gasteiger partial charge in [-0.1, -0.05) is 24.3 Å². The van der Waals surface area contributed by atoms with E-state index in [0.29, 0.717) is 0 Å². The standard InChI is InChI=1S/C22H22BF3O3S/c1-20(2)21(3,4)29-23(28-20)18-10-5-7-14-11-17(30-19(14)18)13-27-16-9-6-8-15(12-16)22(24,25)26/h5-12H,13H2,1-4H3. The third kappa shape index (κ3) is 3.96. The molecule has 1 aromatic heterocycles. The molecule has 0 spiro atoms. The second-order valence-electron chi connectivity index (χ2n) is 8.38. The minimum absolute atomic E-state index is 0.184. The van der Waals surface area contributed by atoms with E-state index in [-0.39, 0.29) is 12.4 Å². The number of alkyl halides is 3. The van der Waals surface area contributed by atoms with E-state index in [1.807, 2.05) is 52.0 Å². The number of hydrogen-bond donors (Lipinski definition) is 0. The van der Waals surface area contributed by atoms with Crippen molar-refractivity contribution in [1.29, 1.82) is 0 Å². The predicted octanol–water partition coefficient (Wildman–Crippen LogP) is 5.80. The van der Waals surface area contributed by atoms with Crippen molar-refractivity contribution in [3.8, 4) is 5.75 Å². The second-order valence-corrected chi connectivity index (χ2v) is 9.52. The van der Waals surface area contributed by atoms with Crippen molar-refractivity contribution in [2.45, 2.75) is 51.7 Å². The van der Waals surface area contributed by atoms with Crippen molar-refractivity contribution in [1.82, 2.24) is 0 Å². The molecule has 3 aromatic rings. The van der Waals surface area contributed by atoms with Crippen molar-refractivity contribution in [3.05, 3.63) is 59.0 Å². The topological polar surface area (TPSA) is 27.7 Å². The molecule has 0 atom stereocenters. The number of ether oxygens (including phenoxy) is 1. The highest BCUT2D eigenvalue weighted by molar-refractivity contribution is 7.20. The molecule has 1 aliphatic heterocycles. The molecule has 3 nitrogen and oxygen atoms in total. The van der Waals surface area contributed by atoms with Crippen LogP contribution in [-0.4, -0.2) is 18.3 Å². The van der Waals surface area contributed by atoms with Crippen LogP contribution in [0.3, 0.4) is 0 Å². The van der Waals surface area contributed by atoms with Gasteiger partial charge in [0.05, 0.1) is 16.8 Å². The summed E-state index contributed by atoms with van der Waals surface area (Å²) in [5.41, 5.74) is -0.653. The van der Waals surface area contributed by atoms with Crippen molar-refractivity contribution in [2.24, 2.45) is 0 Å². The van der Waals surface area contributed by atoms with Gasteiger partial charge in [0.15, 0.2) is 0 Å². The minimum Gasteiger partial charge on any atom is -0.488 e. The SMILES string of the molecule is CC1(C)OB(c2cccc3cc(COc4cccc(C(F)(F)F)c4)sc23)OC1(C)C. The van der Waals surface area contributed by atoms with Gasteiger partial charge in [-0.3, -0.25) is 0 Å². The van der Waals surface area contributed by atoms with Crippen LogP contribution in [0.4, 0.5) is 13.2 Å². The highest BCUT2D eigenvalue weighted by Gasteiger charge is 2.52. The third-order valence-electron chi connectivity index (χ3n) is 5.68. The highest BCUT2D eigenvalue weighted by Crippen LogP contribution is 2.38. The first kappa shape index (κ1) is 21.2. The van der Waals surface area contributed by atoms with Gasteiger partial charge in [-0.2, -0.15) is 13.2 Å². The molecule has 30 heavy (non-hydrogen) atoms. The summed E-state index contributed by atoms with van der Waals surface area (Å²) in [6.45, 7) is 8.22. The van der Waals surface area contributed by atoms with E-state index < -0.39 is 30.1 Å². The summed E-state index contributed by atoms with van der Waals surface area (Å²) in [6.07, 6.45) is -4.39. The second kappa shape index (κ2) is 7.29. The average Bonchev–Trinajstić information content (AvgIpc) is 3.16. The fraction of sp³-hybridized carbons (Fsp3) is 0.364. The molecule has 158 valence electrons. The first-order chi connectivity index (χ1) is 14.0. The molecule has 1 fully saturated rings. The Kier molecular flexibility index (Phi) is 5.15. The fourth-order valence-corrected chi connectivity index (χ4v) is 4.38. The average molecular weight is 434 g/mol. The molecule has 0 saturated carbocycles. The van der Waals surface area contributed by atoms with Crippen molar-refractivity contribution >= 4 is 34.0 Å². The van der Waals surface area contributed by atoms with Crippen LogP contribution in [0.5, 0.6) is 5.75 Å². The lowest BCUT2D eigenvalue weighted by Gasteiger charge is -2.32. The summed E-state index contributed by atoms with van der Waals surface area (Å²) in [5.74, 6) is 0.188. The Labute approximate surface area is 177 Å². The van der Waals surface area contributed by atoms with E-state index >= 15 is 0 Å². The fourth-order valence-electron chi connectivity index (χ4n) is 3.28. The van der Waals surface area contributed by atoms with Crippen LogP contribution in [0.2, 0.25) is 0 Å². The van der Waals surface area contributed by atoms with Crippen LogP contribution < -0.4 is 10.2 Å². The molecule has 0 aliphatic carbocycles. The number of halogens is 3. The summed E-state index contributed by atoms with van der Waals surface area (Å²) in [7, 11) is -0.477. The van der Waals surface area contributed by atoms with Crippen LogP contribution in [0, 0.1) is 0 Å². The molecule has 1 saturated heterocycles. The maximum atomic E-state index is 12.9. The highest BCUT2D eigenvalue weighted by atomic mass is 32.1. The first-order valence-electron chi connectivity index (χ1n) is 9.63. The lowest BCUT2D eigenvalue weighted by atomic mass is 9.78. The van der Waals surface area contributed by atoms with E-state index in [1.54, 1.807) is 0 Å². The van der Waals surface area contributed by atoms with E-state index in [0.717, 1.165) is 32.6 Å². The number of thiophene rings is 1. The molecule has 2 aromatic carbocycles. The molecule has 0 N–H and O–H groups in total. The smallest absolute Gasteiger partial charge is 0.488 e. The maximum absolute atomic E-state index is 12.9. The van der Waals surface area contributed by atoms with Crippen LogP contribution in [0.15, 0.2) is 48.5 Å². The van der Waals surface area contributed by atoms with Crippen molar-refractivity contribution in [3.63, 3.8) is 0 Å². The molecule has 4 rings (SSSR count). The number of benzene rings is 2. The number of hydrogen-bond acceptors (Lipinski definition) is 4. The lowest BCUT2D eigenvalue weighted by Crippen LogP contribution is -2.41. The Morgan fingerprint density at radius 3 is 2.30 bits per heavy atom. The maximum Gasteiger partial charge on any atom is 0.496 e. The van der Waals surface area contributed by atoms with E-state index in [2.05, 4.69) is 0 Å². The Hall–Kier alpha value is -2.03. The molecule has 8 heteroatoms. The Balaban J connectivity index is 1.56. The van der Waals surface area contributed by atoms with Crippen LogP contribution in [0.25, 0.3) is 10.1 Å². The Morgan fingerprint density at radius 2 is 1.63 bits per heavy atom. The van der Waals surface area contributed by atoms with Gasteiger partial charge in [0.2, 0.25) is 0 Å². The predicted molar refractivity (Wildman–Crippen MR) is 113 cm³/mol. The zero-order valence-corrected chi connectivity index (χ0v) is 18.0. The summed E-state index contributed by atoms with van der Waals surface area (Å²) in [6, 6.07) is 12.8. The third-order valence-corrected chi connectivity index (χ3v) is 6.85. The van der Waals surface area contributed by atoms with Gasteiger partial charge in [0, 0.05) is 15.0 Å². The Bertz CT molecular complexity index is 1060. The molecule has 0 radical (unpaired) electrons. The molecule has 0 unspecified atom stereocenters. The summed E-state index contributed by atoms with van der Waals surface area (Å²) >= 11 is 1.53. The van der Waals surface area contributed by atoms with Crippen LogP contribution >= 0.6 is 11.3 Å². The van der Waals surface area contributed by atoms with Crippen molar-refractivity contribution in [2.75, 3.05) is 0 Å². The lowest BCUT2D eigenvalue weighted by molar-refractivity contribution is -0.137. The van der Waals surface area contributed by atoms with Crippen LogP contribution in [0.1, 0.15) is 38.1 Å².